The molecule has 1 saturated heterocycles. The van der Waals surface area contributed by atoms with Crippen LogP contribution >= 0.6 is 0 Å². The molecule has 1 aliphatic carbocycles. The van der Waals surface area contributed by atoms with E-state index in [-0.39, 0.29) is 6.03 Å². The third-order valence-electron chi connectivity index (χ3n) is 5.82. The maximum Gasteiger partial charge on any atom is 0.317 e. The van der Waals surface area contributed by atoms with E-state index in [2.05, 4.69) is 35.6 Å². The lowest BCUT2D eigenvalue weighted by atomic mass is 9.87. The standard InChI is InChI=1S/C21H32N2O/c24-21(22-14-11-18-7-3-1-4-8-18)23-15-12-20(13-16-23)17-19-9-5-2-6-10-19/h2,5-6,9-10,18,20H,1,3-4,7-8,11-17H2,(H,22,24). The summed E-state index contributed by atoms with van der Waals surface area (Å²) in [6, 6.07) is 10.9. The molecule has 2 fully saturated rings. The summed E-state index contributed by atoms with van der Waals surface area (Å²) < 4.78 is 0. The van der Waals surface area contributed by atoms with E-state index in [0.29, 0.717) is 0 Å². The number of hydrogen-bond acceptors (Lipinski definition) is 1. The van der Waals surface area contributed by atoms with Gasteiger partial charge in [0.2, 0.25) is 0 Å². The second-order valence-corrected chi connectivity index (χ2v) is 7.64. The first-order chi connectivity index (χ1) is 11.8. The molecular weight excluding hydrogens is 296 g/mol. The number of piperidine rings is 1. The fraction of sp³-hybridized carbons (Fsp3) is 0.667. The van der Waals surface area contributed by atoms with E-state index < -0.39 is 0 Å². The van der Waals surface area contributed by atoms with E-state index in [1.807, 2.05) is 4.90 Å². The zero-order valence-corrected chi connectivity index (χ0v) is 14.9. The summed E-state index contributed by atoms with van der Waals surface area (Å²) in [6.45, 7) is 2.67. The Hall–Kier alpha value is -1.51. The van der Waals surface area contributed by atoms with Crippen molar-refractivity contribution < 1.29 is 4.79 Å². The number of rotatable bonds is 5. The molecule has 3 rings (SSSR count). The number of urea groups is 1. The van der Waals surface area contributed by atoms with Gasteiger partial charge in [-0.15, -0.1) is 0 Å². The third-order valence-corrected chi connectivity index (χ3v) is 5.82. The van der Waals surface area contributed by atoms with Crippen molar-refractivity contribution in [1.29, 1.82) is 0 Å². The van der Waals surface area contributed by atoms with Crippen LogP contribution in [-0.2, 0) is 6.42 Å². The largest absolute Gasteiger partial charge is 0.338 e. The van der Waals surface area contributed by atoms with Gasteiger partial charge in [0.1, 0.15) is 0 Å². The highest BCUT2D eigenvalue weighted by Gasteiger charge is 2.23. The summed E-state index contributed by atoms with van der Waals surface area (Å²) in [7, 11) is 0. The van der Waals surface area contributed by atoms with Crippen LogP contribution in [0.15, 0.2) is 30.3 Å². The van der Waals surface area contributed by atoms with E-state index >= 15 is 0 Å². The van der Waals surface area contributed by atoms with Gasteiger partial charge in [-0.25, -0.2) is 4.79 Å². The van der Waals surface area contributed by atoms with Gasteiger partial charge in [0.15, 0.2) is 0 Å². The first-order valence-electron chi connectivity index (χ1n) is 9.88. The van der Waals surface area contributed by atoms with Crippen LogP contribution in [0, 0.1) is 11.8 Å². The molecule has 0 bridgehead atoms. The van der Waals surface area contributed by atoms with Crippen molar-refractivity contribution in [2.75, 3.05) is 19.6 Å². The normalized spacial score (nSPS) is 20.1. The topological polar surface area (TPSA) is 32.3 Å². The van der Waals surface area contributed by atoms with E-state index in [9.17, 15) is 4.79 Å². The highest BCUT2D eigenvalue weighted by atomic mass is 16.2. The second kappa shape index (κ2) is 9.10. The molecule has 1 saturated carbocycles. The molecule has 1 heterocycles. The Balaban J connectivity index is 1.32. The number of carbonyl (C=O) groups is 1. The molecule has 24 heavy (non-hydrogen) atoms. The molecule has 1 aromatic rings. The molecule has 0 atom stereocenters. The van der Waals surface area contributed by atoms with E-state index in [1.54, 1.807) is 0 Å². The monoisotopic (exact) mass is 328 g/mol. The van der Waals surface area contributed by atoms with Crippen molar-refractivity contribution in [3.63, 3.8) is 0 Å². The Bertz CT molecular complexity index is 488. The zero-order valence-electron chi connectivity index (χ0n) is 14.9. The summed E-state index contributed by atoms with van der Waals surface area (Å²) in [5.41, 5.74) is 1.42. The van der Waals surface area contributed by atoms with Crippen LogP contribution in [0.4, 0.5) is 4.79 Å². The SMILES string of the molecule is O=C(NCCC1CCCCC1)N1CCC(Cc2ccccc2)CC1. The highest BCUT2D eigenvalue weighted by molar-refractivity contribution is 5.74. The maximum atomic E-state index is 12.3. The van der Waals surface area contributed by atoms with Crippen molar-refractivity contribution in [3.8, 4) is 0 Å². The number of carbonyl (C=O) groups excluding carboxylic acids is 1. The molecule has 2 aliphatic rings. The predicted molar refractivity (Wildman–Crippen MR) is 99.0 cm³/mol. The molecule has 0 spiro atoms. The second-order valence-electron chi connectivity index (χ2n) is 7.64. The number of benzene rings is 1. The highest BCUT2D eigenvalue weighted by Crippen LogP contribution is 2.26. The van der Waals surface area contributed by atoms with E-state index in [0.717, 1.165) is 57.2 Å². The Morgan fingerprint density at radius 3 is 2.38 bits per heavy atom. The van der Waals surface area contributed by atoms with Gasteiger partial charge in [-0.1, -0.05) is 62.4 Å². The molecule has 1 N–H and O–H groups in total. The van der Waals surface area contributed by atoms with Gasteiger partial charge in [-0.3, -0.25) is 0 Å². The Morgan fingerprint density at radius 2 is 1.67 bits per heavy atom. The first-order valence-corrected chi connectivity index (χ1v) is 9.88. The minimum absolute atomic E-state index is 0.156. The van der Waals surface area contributed by atoms with Gasteiger partial charge in [0, 0.05) is 19.6 Å². The number of nitrogens with zero attached hydrogens (tertiary/aromatic N) is 1. The van der Waals surface area contributed by atoms with Crippen molar-refractivity contribution in [1.82, 2.24) is 10.2 Å². The number of likely N-dealkylation sites (tertiary alicyclic amines) is 1. The van der Waals surface area contributed by atoms with Crippen LogP contribution in [0.25, 0.3) is 0 Å². The van der Waals surface area contributed by atoms with Crippen LogP contribution in [0.5, 0.6) is 0 Å². The molecule has 0 aromatic heterocycles. The van der Waals surface area contributed by atoms with E-state index in [4.69, 9.17) is 0 Å². The maximum absolute atomic E-state index is 12.3. The summed E-state index contributed by atoms with van der Waals surface area (Å²) >= 11 is 0. The molecule has 0 unspecified atom stereocenters. The Morgan fingerprint density at radius 1 is 0.958 bits per heavy atom. The van der Waals surface area contributed by atoms with Gasteiger partial charge in [-0.2, -0.15) is 0 Å². The smallest absolute Gasteiger partial charge is 0.317 e. The van der Waals surface area contributed by atoms with Crippen molar-refractivity contribution in [2.24, 2.45) is 11.8 Å². The lowest BCUT2D eigenvalue weighted by molar-refractivity contribution is 0.169. The van der Waals surface area contributed by atoms with Gasteiger partial charge in [0.25, 0.3) is 0 Å². The molecule has 3 heteroatoms. The third kappa shape index (κ3) is 5.25. The molecule has 1 aliphatic heterocycles. The summed E-state index contributed by atoms with van der Waals surface area (Å²) in [6.07, 6.45) is 11.5. The predicted octanol–water partition coefficient (Wildman–Crippen LogP) is 4.62. The lowest BCUT2D eigenvalue weighted by Crippen LogP contribution is -2.45. The minimum atomic E-state index is 0.156. The van der Waals surface area contributed by atoms with Crippen molar-refractivity contribution in [3.05, 3.63) is 35.9 Å². The molecule has 3 nitrogen and oxygen atoms in total. The fourth-order valence-electron chi connectivity index (χ4n) is 4.26. The van der Waals surface area contributed by atoms with Gasteiger partial charge < -0.3 is 10.2 Å². The molecular formula is C21H32N2O. The average Bonchev–Trinajstić information content (AvgIpc) is 2.64. The van der Waals surface area contributed by atoms with E-state index in [1.165, 1.54) is 37.7 Å². The zero-order chi connectivity index (χ0) is 16.6. The lowest BCUT2D eigenvalue weighted by Gasteiger charge is -2.32. The average molecular weight is 329 g/mol. The molecule has 132 valence electrons. The minimum Gasteiger partial charge on any atom is -0.338 e. The fourth-order valence-corrected chi connectivity index (χ4v) is 4.26. The summed E-state index contributed by atoms with van der Waals surface area (Å²) in [5.74, 6) is 1.56. The molecule has 1 aromatic carbocycles. The van der Waals surface area contributed by atoms with Crippen LogP contribution < -0.4 is 5.32 Å². The van der Waals surface area contributed by atoms with Gasteiger partial charge in [0.05, 0.1) is 0 Å². The molecule has 0 radical (unpaired) electrons. The quantitative estimate of drug-likeness (QED) is 0.840. The number of amides is 2. The number of nitrogens with one attached hydrogen (secondary N) is 1. The van der Waals surface area contributed by atoms with Crippen molar-refractivity contribution in [2.45, 2.75) is 57.8 Å². The van der Waals surface area contributed by atoms with Crippen LogP contribution in [0.3, 0.4) is 0 Å². The first kappa shape index (κ1) is 17.3. The summed E-state index contributed by atoms with van der Waals surface area (Å²) in [5, 5.41) is 3.15. The van der Waals surface area contributed by atoms with Gasteiger partial charge in [-0.05, 0) is 43.1 Å². The Kier molecular flexibility index (Phi) is 6.57. The number of hydrogen-bond donors (Lipinski definition) is 1. The van der Waals surface area contributed by atoms with Gasteiger partial charge >= 0.3 is 6.03 Å². The summed E-state index contributed by atoms with van der Waals surface area (Å²) in [4.78, 5) is 14.3. The molecule has 2 amide bonds. The van der Waals surface area contributed by atoms with Crippen LogP contribution in [0.2, 0.25) is 0 Å². The van der Waals surface area contributed by atoms with Crippen LogP contribution in [-0.4, -0.2) is 30.6 Å². The Labute approximate surface area is 146 Å². The van der Waals surface area contributed by atoms with Crippen LogP contribution in [0.1, 0.15) is 56.9 Å². The van der Waals surface area contributed by atoms with Crippen molar-refractivity contribution >= 4 is 6.03 Å².